The molecule has 116 valence electrons. The van der Waals surface area contributed by atoms with E-state index < -0.39 is 10.0 Å². The highest BCUT2D eigenvalue weighted by atomic mass is 32.2. The summed E-state index contributed by atoms with van der Waals surface area (Å²) in [7, 11) is 0.398. The van der Waals surface area contributed by atoms with Gasteiger partial charge in [-0.3, -0.25) is 0 Å². The van der Waals surface area contributed by atoms with Gasteiger partial charge >= 0.3 is 0 Å². The highest BCUT2D eigenvalue weighted by Crippen LogP contribution is 2.10. The third-order valence-corrected chi connectivity index (χ3v) is 4.15. The lowest BCUT2D eigenvalue weighted by atomic mass is 10.2. The van der Waals surface area contributed by atoms with Gasteiger partial charge in [0.05, 0.1) is 11.5 Å². The van der Waals surface area contributed by atoms with E-state index in [9.17, 15) is 8.42 Å². The van der Waals surface area contributed by atoms with Gasteiger partial charge in [0.1, 0.15) is 0 Å². The molecule has 5 nitrogen and oxygen atoms in total. The van der Waals surface area contributed by atoms with Crippen LogP contribution < -0.4 is 4.72 Å². The van der Waals surface area contributed by atoms with Gasteiger partial charge in [0, 0.05) is 18.5 Å². The Morgan fingerprint density at radius 1 is 1.33 bits per heavy atom. The standard InChI is InChI=1S/C15H22N2O3S/c1-17(2)11-6-10-16-21(19,20)15-9-5-8-14(13-15)7-3-4-12-18/h5,8-9,13,16,18H,4,6,10-12H2,1-2H3. The molecule has 0 atom stereocenters. The third-order valence-electron chi connectivity index (χ3n) is 2.69. The van der Waals surface area contributed by atoms with Crippen LogP contribution in [0.25, 0.3) is 0 Å². The van der Waals surface area contributed by atoms with Crippen molar-refractivity contribution in [1.82, 2.24) is 9.62 Å². The third kappa shape index (κ3) is 6.74. The summed E-state index contributed by atoms with van der Waals surface area (Å²) in [5.41, 5.74) is 0.625. The summed E-state index contributed by atoms with van der Waals surface area (Å²) in [6, 6.07) is 6.50. The fourth-order valence-electron chi connectivity index (χ4n) is 1.65. The molecule has 0 bridgehead atoms. The molecule has 6 heteroatoms. The van der Waals surface area contributed by atoms with Crippen LogP contribution >= 0.6 is 0 Å². The van der Waals surface area contributed by atoms with Gasteiger partial charge in [-0.2, -0.15) is 0 Å². The fourth-order valence-corrected chi connectivity index (χ4v) is 2.77. The lowest BCUT2D eigenvalue weighted by Gasteiger charge is -2.10. The van der Waals surface area contributed by atoms with Crippen LogP contribution in [0, 0.1) is 11.8 Å². The Kier molecular flexibility index (Phi) is 7.40. The van der Waals surface area contributed by atoms with Gasteiger partial charge < -0.3 is 10.0 Å². The summed E-state index contributed by atoms with van der Waals surface area (Å²) in [5.74, 6) is 5.61. The van der Waals surface area contributed by atoms with Crippen LogP contribution in [0.5, 0.6) is 0 Å². The largest absolute Gasteiger partial charge is 0.395 e. The topological polar surface area (TPSA) is 69.6 Å². The Labute approximate surface area is 127 Å². The number of rotatable bonds is 7. The van der Waals surface area contributed by atoms with Gasteiger partial charge in [-0.1, -0.05) is 17.9 Å². The van der Waals surface area contributed by atoms with E-state index in [2.05, 4.69) is 16.6 Å². The summed E-state index contributed by atoms with van der Waals surface area (Å²) in [6.07, 6.45) is 1.13. The number of sulfonamides is 1. The lowest BCUT2D eigenvalue weighted by molar-refractivity contribution is 0.305. The van der Waals surface area contributed by atoms with Gasteiger partial charge in [0.15, 0.2) is 0 Å². The van der Waals surface area contributed by atoms with Crippen LogP contribution in [0.4, 0.5) is 0 Å². The van der Waals surface area contributed by atoms with E-state index in [0.717, 1.165) is 13.0 Å². The van der Waals surface area contributed by atoms with Gasteiger partial charge in [-0.15, -0.1) is 0 Å². The molecule has 0 aliphatic carbocycles. The number of aliphatic hydroxyl groups is 1. The first-order valence-electron chi connectivity index (χ1n) is 6.80. The van der Waals surface area contributed by atoms with E-state index >= 15 is 0 Å². The second kappa shape index (κ2) is 8.80. The molecular formula is C15H22N2O3S. The van der Waals surface area contributed by atoms with Crippen molar-refractivity contribution in [3.05, 3.63) is 29.8 Å². The SMILES string of the molecule is CN(C)CCCNS(=O)(=O)c1cccc(C#CCCO)c1. The number of hydrogen-bond donors (Lipinski definition) is 2. The Balaban J connectivity index is 2.70. The molecule has 0 aromatic heterocycles. The molecule has 1 aromatic rings. The maximum Gasteiger partial charge on any atom is 0.240 e. The van der Waals surface area contributed by atoms with Crippen molar-refractivity contribution in [2.24, 2.45) is 0 Å². The molecule has 0 fully saturated rings. The number of benzene rings is 1. The molecule has 21 heavy (non-hydrogen) atoms. The highest BCUT2D eigenvalue weighted by Gasteiger charge is 2.13. The molecule has 0 radical (unpaired) electrons. The highest BCUT2D eigenvalue weighted by molar-refractivity contribution is 7.89. The van der Waals surface area contributed by atoms with Crippen molar-refractivity contribution in [2.75, 3.05) is 33.8 Å². The van der Waals surface area contributed by atoms with Crippen LogP contribution in [-0.4, -0.2) is 52.2 Å². The molecule has 0 heterocycles. The number of aliphatic hydroxyl groups excluding tert-OH is 1. The van der Waals surface area contributed by atoms with Crippen LogP contribution in [0.3, 0.4) is 0 Å². The van der Waals surface area contributed by atoms with Crippen molar-refractivity contribution in [3.63, 3.8) is 0 Å². The molecule has 0 unspecified atom stereocenters. The maximum absolute atomic E-state index is 12.1. The van der Waals surface area contributed by atoms with Crippen LogP contribution in [0.2, 0.25) is 0 Å². The molecule has 1 rings (SSSR count). The molecule has 0 saturated heterocycles. The summed E-state index contributed by atoms with van der Waals surface area (Å²) < 4.78 is 26.9. The van der Waals surface area contributed by atoms with Crippen molar-refractivity contribution < 1.29 is 13.5 Å². The van der Waals surface area contributed by atoms with Gasteiger partial charge in [-0.05, 0) is 45.3 Å². The second-order valence-electron chi connectivity index (χ2n) is 4.86. The molecule has 2 N–H and O–H groups in total. The van der Waals surface area contributed by atoms with Gasteiger partial charge in [0.25, 0.3) is 0 Å². The summed E-state index contributed by atoms with van der Waals surface area (Å²) >= 11 is 0. The van der Waals surface area contributed by atoms with Crippen LogP contribution in [0.1, 0.15) is 18.4 Å². The van der Waals surface area contributed by atoms with Crippen molar-refractivity contribution in [1.29, 1.82) is 0 Å². The Morgan fingerprint density at radius 2 is 2.10 bits per heavy atom. The van der Waals surface area contributed by atoms with E-state index in [1.165, 1.54) is 0 Å². The summed E-state index contributed by atoms with van der Waals surface area (Å²) in [4.78, 5) is 2.22. The zero-order valence-corrected chi connectivity index (χ0v) is 13.3. The van der Waals surface area contributed by atoms with Gasteiger partial charge in [0.2, 0.25) is 10.0 Å². The average Bonchev–Trinajstić information content (AvgIpc) is 2.44. The zero-order valence-electron chi connectivity index (χ0n) is 12.5. The van der Waals surface area contributed by atoms with Gasteiger partial charge in [-0.25, -0.2) is 13.1 Å². The summed E-state index contributed by atoms with van der Waals surface area (Å²) in [5, 5.41) is 8.68. The summed E-state index contributed by atoms with van der Waals surface area (Å²) in [6.45, 7) is 1.23. The molecule has 0 aliphatic heterocycles. The van der Waals surface area contributed by atoms with E-state index in [0.29, 0.717) is 18.5 Å². The predicted octanol–water partition coefficient (Wildman–Crippen LogP) is 0.650. The minimum absolute atomic E-state index is 0.00157. The molecular weight excluding hydrogens is 288 g/mol. The quantitative estimate of drug-likeness (QED) is 0.573. The second-order valence-corrected chi connectivity index (χ2v) is 6.62. The average molecular weight is 310 g/mol. The Bertz CT molecular complexity index is 601. The normalized spacial score (nSPS) is 11.2. The van der Waals surface area contributed by atoms with E-state index in [4.69, 9.17) is 5.11 Å². The molecule has 0 amide bonds. The fraction of sp³-hybridized carbons (Fsp3) is 0.467. The minimum Gasteiger partial charge on any atom is -0.395 e. The first kappa shape index (κ1) is 17.7. The van der Waals surface area contributed by atoms with Crippen LogP contribution in [0.15, 0.2) is 29.2 Å². The Hall–Kier alpha value is -1.39. The Morgan fingerprint density at radius 3 is 2.76 bits per heavy atom. The molecule has 0 aliphatic rings. The predicted molar refractivity (Wildman–Crippen MR) is 83.4 cm³/mol. The maximum atomic E-state index is 12.1. The van der Waals surface area contributed by atoms with E-state index in [1.807, 2.05) is 19.0 Å². The van der Waals surface area contributed by atoms with E-state index in [1.54, 1.807) is 24.3 Å². The van der Waals surface area contributed by atoms with Crippen molar-refractivity contribution >= 4 is 10.0 Å². The lowest BCUT2D eigenvalue weighted by Crippen LogP contribution is -2.27. The van der Waals surface area contributed by atoms with Crippen molar-refractivity contribution in [3.8, 4) is 11.8 Å². The molecule has 1 aromatic carbocycles. The van der Waals surface area contributed by atoms with Crippen LogP contribution in [-0.2, 0) is 10.0 Å². The molecule has 0 saturated carbocycles. The monoisotopic (exact) mass is 310 g/mol. The minimum atomic E-state index is -3.50. The first-order chi connectivity index (χ1) is 9.95. The van der Waals surface area contributed by atoms with Crippen molar-refractivity contribution in [2.45, 2.75) is 17.7 Å². The number of nitrogens with one attached hydrogen (secondary N) is 1. The first-order valence-corrected chi connectivity index (χ1v) is 8.28. The van der Waals surface area contributed by atoms with E-state index in [-0.39, 0.29) is 11.5 Å². The number of nitrogens with zero attached hydrogens (tertiary/aromatic N) is 1. The molecule has 0 spiro atoms. The zero-order chi connectivity index (χ0) is 15.7. The number of hydrogen-bond acceptors (Lipinski definition) is 4. The smallest absolute Gasteiger partial charge is 0.240 e.